The standard InChI is InChI=1S/C11H15N5O4S/c17-10(18)9-7-16(13-12-9)8-5-15(6-8)11(19)14-1-3-21(20)4-2-14/h7-8H,1-6H2,(H,17,18). The molecule has 2 amide bonds. The molecule has 1 aromatic heterocycles. The van der Waals surface area contributed by atoms with Crippen molar-refractivity contribution < 1.29 is 18.9 Å². The fourth-order valence-electron chi connectivity index (χ4n) is 2.36. The number of hydrogen-bond acceptors (Lipinski definition) is 5. The molecule has 2 aliphatic heterocycles. The lowest BCUT2D eigenvalue weighted by Crippen LogP contribution is -2.57. The summed E-state index contributed by atoms with van der Waals surface area (Å²) in [5.41, 5.74) is -0.0988. The van der Waals surface area contributed by atoms with Crippen LogP contribution in [-0.4, -0.2) is 83.8 Å². The van der Waals surface area contributed by atoms with Gasteiger partial charge in [0, 0.05) is 48.5 Å². The van der Waals surface area contributed by atoms with Crippen LogP contribution in [0.25, 0.3) is 0 Å². The Morgan fingerprint density at radius 1 is 1.24 bits per heavy atom. The van der Waals surface area contributed by atoms with E-state index in [1.54, 1.807) is 9.80 Å². The molecule has 1 aromatic rings. The number of amides is 2. The predicted molar refractivity (Wildman–Crippen MR) is 72.4 cm³/mol. The van der Waals surface area contributed by atoms with E-state index in [2.05, 4.69) is 10.3 Å². The monoisotopic (exact) mass is 313 g/mol. The minimum absolute atomic E-state index is 0.0338. The third kappa shape index (κ3) is 2.75. The number of hydrogen-bond donors (Lipinski definition) is 1. The lowest BCUT2D eigenvalue weighted by atomic mass is 10.1. The molecule has 0 radical (unpaired) electrons. The number of urea groups is 1. The topological polar surface area (TPSA) is 109 Å². The zero-order valence-corrected chi connectivity index (χ0v) is 12.0. The predicted octanol–water partition coefficient (Wildman–Crippen LogP) is -0.983. The summed E-state index contributed by atoms with van der Waals surface area (Å²) in [6.45, 7) is 2.03. The quantitative estimate of drug-likeness (QED) is 0.751. The van der Waals surface area contributed by atoms with Crippen LogP contribution in [0.3, 0.4) is 0 Å². The Morgan fingerprint density at radius 2 is 1.90 bits per heavy atom. The minimum atomic E-state index is -1.12. The van der Waals surface area contributed by atoms with E-state index in [1.807, 2.05) is 0 Å². The van der Waals surface area contributed by atoms with Gasteiger partial charge in [0.25, 0.3) is 0 Å². The Hall–Kier alpha value is -1.97. The van der Waals surface area contributed by atoms with Crippen molar-refractivity contribution >= 4 is 22.8 Å². The summed E-state index contributed by atoms with van der Waals surface area (Å²) in [6, 6.07) is -0.0880. The Bertz CT molecular complexity index is 587. The highest BCUT2D eigenvalue weighted by Gasteiger charge is 2.36. The Balaban J connectivity index is 1.54. The average molecular weight is 313 g/mol. The molecule has 9 nitrogen and oxygen atoms in total. The Morgan fingerprint density at radius 3 is 2.48 bits per heavy atom. The molecule has 3 rings (SSSR count). The van der Waals surface area contributed by atoms with Crippen LogP contribution in [0.15, 0.2) is 6.20 Å². The molecule has 0 saturated carbocycles. The van der Waals surface area contributed by atoms with Gasteiger partial charge in [-0.15, -0.1) is 5.10 Å². The van der Waals surface area contributed by atoms with Crippen LogP contribution in [0.2, 0.25) is 0 Å². The second-order valence-electron chi connectivity index (χ2n) is 5.07. The lowest BCUT2D eigenvalue weighted by molar-refractivity contribution is 0.0689. The largest absolute Gasteiger partial charge is 0.476 e. The normalized spacial score (nSPS) is 20.4. The second kappa shape index (κ2) is 5.43. The number of carbonyl (C=O) groups excluding carboxylic acids is 1. The zero-order valence-electron chi connectivity index (χ0n) is 11.2. The smallest absolute Gasteiger partial charge is 0.358 e. The van der Waals surface area contributed by atoms with Crippen molar-refractivity contribution in [3.05, 3.63) is 11.9 Å². The van der Waals surface area contributed by atoms with Crippen LogP contribution >= 0.6 is 0 Å². The van der Waals surface area contributed by atoms with Gasteiger partial charge in [-0.05, 0) is 0 Å². The molecule has 0 atom stereocenters. The summed E-state index contributed by atoms with van der Waals surface area (Å²) in [4.78, 5) is 26.3. The van der Waals surface area contributed by atoms with Crippen LogP contribution in [0.5, 0.6) is 0 Å². The molecule has 2 fully saturated rings. The molecule has 0 aromatic carbocycles. The van der Waals surface area contributed by atoms with E-state index in [-0.39, 0.29) is 17.8 Å². The summed E-state index contributed by atoms with van der Waals surface area (Å²) >= 11 is 0. The summed E-state index contributed by atoms with van der Waals surface area (Å²) in [7, 11) is -0.803. The van der Waals surface area contributed by atoms with Crippen LogP contribution in [0, 0.1) is 0 Å². The van der Waals surface area contributed by atoms with E-state index in [4.69, 9.17) is 5.11 Å². The van der Waals surface area contributed by atoms with E-state index in [0.29, 0.717) is 37.7 Å². The maximum atomic E-state index is 12.2. The Labute approximate surface area is 123 Å². The van der Waals surface area contributed by atoms with Gasteiger partial charge in [0.2, 0.25) is 0 Å². The minimum Gasteiger partial charge on any atom is -0.476 e. The second-order valence-corrected chi connectivity index (χ2v) is 6.76. The molecular weight excluding hydrogens is 298 g/mol. The van der Waals surface area contributed by atoms with Gasteiger partial charge in [0.15, 0.2) is 5.69 Å². The maximum Gasteiger partial charge on any atom is 0.358 e. The number of rotatable bonds is 2. The van der Waals surface area contributed by atoms with Gasteiger partial charge in [0.1, 0.15) is 0 Å². The van der Waals surface area contributed by atoms with Gasteiger partial charge in [-0.2, -0.15) is 0 Å². The number of carboxylic acid groups (broad SMARTS) is 1. The van der Waals surface area contributed by atoms with Crippen LogP contribution in [0.1, 0.15) is 16.5 Å². The number of likely N-dealkylation sites (tertiary alicyclic amines) is 1. The summed E-state index contributed by atoms with van der Waals surface area (Å²) < 4.78 is 12.8. The van der Waals surface area contributed by atoms with Gasteiger partial charge >= 0.3 is 12.0 Å². The first kappa shape index (κ1) is 14.0. The average Bonchev–Trinajstić information content (AvgIpc) is 2.87. The number of nitrogens with zero attached hydrogens (tertiary/aromatic N) is 5. The van der Waals surface area contributed by atoms with E-state index in [1.165, 1.54) is 10.9 Å². The van der Waals surface area contributed by atoms with Gasteiger partial charge < -0.3 is 14.9 Å². The molecule has 0 aliphatic carbocycles. The van der Waals surface area contributed by atoms with Gasteiger partial charge in [-0.3, -0.25) is 4.21 Å². The van der Waals surface area contributed by atoms with Crippen molar-refractivity contribution in [2.45, 2.75) is 6.04 Å². The maximum absolute atomic E-state index is 12.2. The third-order valence-electron chi connectivity index (χ3n) is 3.68. The highest BCUT2D eigenvalue weighted by Crippen LogP contribution is 2.22. The summed E-state index contributed by atoms with van der Waals surface area (Å²) in [6.07, 6.45) is 1.37. The first-order chi connectivity index (χ1) is 10.0. The fourth-order valence-corrected chi connectivity index (χ4v) is 3.41. The highest BCUT2D eigenvalue weighted by molar-refractivity contribution is 7.85. The van der Waals surface area contributed by atoms with Crippen molar-refractivity contribution in [1.29, 1.82) is 0 Å². The molecule has 10 heteroatoms. The van der Waals surface area contributed by atoms with Crippen molar-refractivity contribution in [3.63, 3.8) is 0 Å². The molecule has 0 bridgehead atoms. The van der Waals surface area contributed by atoms with Gasteiger partial charge in [-0.1, -0.05) is 5.21 Å². The van der Waals surface area contributed by atoms with Crippen LogP contribution in [0.4, 0.5) is 4.79 Å². The first-order valence-corrected chi connectivity index (χ1v) is 8.07. The third-order valence-corrected chi connectivity index (χ3v) is 4.96. The van der Waals surface area contributed by atoms with Crippen LogP contribution < -0.4 is 0 Å². The lowest BCUT2D eigenvalue weighted by Gasteiger charge is -2.42. The number of carbonyl (C=O) groups is 2. The van der Waals surface area contributed by atoms with Gasteiger partial charge in [0.05, 0.1) is 12.2 Å². The van der Waals surface area contributed by atoms with E-state index in [0.717, 1.165) is 0 Å². The first-order valence-electron chi connectivity index (χ1n) is 6.58. The summed E-state index contributed by atoms with van der Waals surface area (Å²) in [5.74, 6) is -0.0444. The van der Waals surface area contributed by atoms with Gasteiger partial charge in [-0.25, -0.2) is 14.3 Å². The molecule has 2 saturated heterocycles. The molecule has 0 spiro atoms. The molecule has 21 heavy (non-hydrogen) atoms. The molecule has 0 unspecified atom stereocenters. The van der Waals surface area contributed by atoms with E-state index < -0.39 is 16.8 Å². The van der Waals surface area contributed by atoms with E-state index in [9.17, 15) is 13.8 Å². The molecule has 3 heterocycles. The SMILES string of the molecule is O=C(O)c1cn(C2CN(C(=O)N3CCS(=O)CC3)C2)nn1. The molecule has 1 N–H and O–H groups in total. The van der Waals surface area contributed by atoms with Crippen LogP contribution in [-0.2, 0) is 10.8 Å². The van der Waals surface area contributed by atoms with E-state index >= 15 is 0 Å². The zero-order chi connectivity index (χ0) is 15.0. The van der Waals surface area contributed by atoms with Crippen molar-refractivity contribution in [3.8, 4) is 0 Å². The highest BCUT2D eigenvalue weighted by atomic mass is 32.2. The number of aromatic nitrogens is 3. The number of aromatic carboxylic acids is 1. The molecule has 2 aliphatic rings. The van der Waals surface area contributed by atoms with Crippen molar-refractivity contribution in [2.75, 3.05) is 37.7 Å². The number of carboxylic acids is 1. The van der Waals surface area contributed by atoms with Crippen molar-refractivity contribution in [2.24, 2.45) is 0 Å². The molecular formula is C11H15N5O4S. The fraction of sp³-hybridized carbons (Fsp3) is 0.636. The molecule has 114 valence electrons. The van der Waals surface area contributed by atoms with Crippen molar-refractivity contribution in [1.82, 2.24) is 24.8 Å². The Kier molecular flexibility index (Phi) is 3.62. The summed E-state index contributed by atoms with van der Waals surface area (Å²) in [5, 5.41) is 16.1.